The number of likely N-dealkylation sites (N-methyl/N-ethyl adjacent to an activating group) is 1. The first kappa shape index (κ1) is 14.2. The molecule has 1 aliphatic rings. The average Bonchev–Trinajstić information content (AvgIpc) is 2.37. The Morgan fingerprint density at radius 2 is 2.16 bits per heavy atom. The Bertz CT molecular complexity index is 479. The fourth-order valence-electron chi connectivity index (χ4n) is 2.64. The van der Waals surface area contributed by atoms with Crippen LogP contribution in [-0.2, 0) is 0 Å². The van der Waals surface area contributed by atoms with Gasteiger partial charge in [0.15, 0.2) is 0 Å². The van der Waals surface area contributed by atoms with Gasteiger partial charge in [0.25, 0.3) is 0 Å². The lowest BCUT2D eigenvalue weighted by Gasteiger charge is -2.40. The van der Waals surface area contributed by atoms with E-state index in [0.717, 1.165) is 30.2 Å². The van der Waals surface area contributed by atoms with E-state index in [2.05, 4.69) is 23.8 Å². The van der Waals surface area contributed by atoms with Gasteiger partial charge in [0.05, 0.1) is 11.3 Å². The Hall–Kier alpha value is -1.20. The second kappa shape index (κ2) is 5.84. The number of benzene rings is 1. The maximum Gasteiger partial charge on any atom is 0.338 e. The van der Waals surface area contributed by atoms with Crippen molar-refractivity contribution >= 4 is 23.4 Å². The lowest BCUT2D eigenvalue weighted by Crippen LogP contribution is -2.51. The van der Waals surface area contributed by atoms with Crippen LogP contribution < -0.4 is 4.90 Å². The van der Waals surface area contributed by atoms with Gasteiger partial charge in [0.1, 0.15) is 0 Å². The number of carbonyl (C=O) groups is 1. The first-order valence-corrected chi connectivity index (χ1v) is 7.62. The van der Waals surface area contributed by atoms with Crippen LogP contribution in [0.15, 0.2) is 23.1 Å². The summed E-state index contributed by atoms with van der Waals surface area (Å²) < 4.78 is 0. The van der Waals surface area contributed by atoms with E-state index in [4.69, 9.17) is 0 Å². The standard InChI is InChI=1S/C14H20N2O2S/c1-10-9-15(2)7-8-16(10)11-5-4-6-12(19-3)13(11)14(17)18/h4-6,10H,7-9H2,1-3H3,(H,17,18). The first-order valence-electron chi connectivity index (χ1n) is 6.40. The summed E-state index contributed by atoms with van der Waals surface area (Å²) in [5.41, 5.74) is 1.28. The number of carboxylic acid groups (broad SMARTS) is 1. The summed E-state index contributed by atoms with van der Waals surface area (Å²) in [5.74, 6) is -0.842. The molecule has 0 amide bonds. The van der Waals surface area contributed by atoms with Gasteiger partial charge < -0.3 is 14.9 Å². The molecule has 1 heterocycles. The van der Waals surface area contributed by atoms with Crippen molar-refractivity contribution in [2.75, 3.05) is 37.8 Å². The van der Waals surface area contributed by atoms with Crippen LogP contribution >= 0.6 is 11.8 Å². The molecule has 4 nitrogen and oxygen atoms in total. The summed E-state index contributed by atoms with van der Waals surface area (Å²) in [6.45, 7) is 4.94. The molecule has 0 aliphatic carbocycles. The van der Waals surface area contributed by atoms with Crippen molar-refractivity contribution in [2.24, 2.45) is 0 Å². The van der Waals surface area contributed by atoms with Crippen molar-refractivity contribution in [3.63, 3.8) is 0 Å². The van der Waals surface area contributed by atoms with E-state index in [-0.39, 0.29) is 0 Å². The molecule has 1 aromatic rings. The Balaban J connectivity index is 2.41. The zero-order valence-corrected chi connectivity index (χ0v) is 12.4. The molecule has 0 radical (unpaired) electrons. The van der Waals surface area contributed by atoms with Gasteiger partial charge in [-0.25, -0.2) is 4.79 Å². The monoisotopic (exact) mass is 280 g/mol. The highest BCUT2D eigenvalue weighted by Gasteiger charge is 2.26. The second-order valence-corrected chi connectivity index (χ2v) is 5.81. The average molecular weight is 280 g/mol. The topological polar surface area (TPSA) is 43.8 Å². The number of hydrogen-bond donors (Lipinski definition) is 1. The van der Waals surface area contributed by atoms with Gasteiger partial charge >= 0.3 is 5.97 Å². The van der Waals surface area contributed by atoms with Crippen LogP contribution in [0.2, 0.25) is 0 Å². The van der Waals surface area contributed by atoms with E-state index in [9.17, 15) is 9.90 Å². The third-order valence-corrected chi connectivity index (χ3v) is 4.36. The Morgan fingerprint density at radius 1 is 1.42 bits per heavy atom. The van der Waals surface area contributed by atoms with Gasteiger partial charge in [-0.15, -0.1) is 11.8 Å². The highest BCUT2D eigenvalue weighted by Crippen LogP contribution is 2.31. The maximum absolute atomic E-state index is 11.6. The quantitative estimate of drug-likeness (QED) is 0.860. The number of aromatic carboxylic acids is 1. The van der Waals surface area contributed by atoms with Crippen molar-refractivity contribution in [3.8, 4) is 0 Å². The molecule has 1 atom stereocenters. The van der Waals surface area contributed by atoms with E-state index in [1.807, 2.05) is 24.5 Å². The number of carboxylic acids is 1. The van der Waals surface area contributed by atoms with E-state index in [0.29, 0.717) is 11.6 Å². The number of thioether (sulfide) groups is 1. The largest absolute Gasteiger partial charge is 0.478 e. The van der Waals surface area contributed by atoms with Crippen LogP contribution in [0.25, 0.3) is 0 Å². The Morgan fingerprint density at radius 3 is 2.74 bits per heavy atom. The fourth-order valence-corrected chi connectivity index (χ4v) is 3.25. The molecule has 0 aromatic heterocycles. The molecule has 1 unspecified atom stereocenters. The minimum atomic E-state index is -0.842. The van der Waals surface area contributed by atoms with Crippen LogP contribution in [0.3, 0.4) is 0 Å². The SMILES string of the molecule is CSc1cccc(N2CCN(C)CC2C)c1C(=O)O. The summed E-state index contributed by atoms with van der Waals surface area (Å²) in [6.07, 6.45) is 1.92. The van der Waals surface area contributed by atoms with E-state index in [1.165, 1.54) is 11.8 Å². The molecule has 1 saturated heterocycles. The molecule has 1 aromatic carbocycles. The van der Waals surface area contributed by atoms with Crippen LogP contribution in [0.4, 0.5) is 5.69 Å². The van der Waals surface area contributed by atoms with Crippen molar-refractivity contribution in [1.29, 1.82) is 0 Å². The molecule has 1 aliphatic heterocycles. The molecular formula is C14H20N2O2S. The third kappa shape index (κ3) is 2.87. The molecule has 0 saturated carbocycles. The summed E-state index contributed by atoms with van der Waals surface area (Å²) >= 11 is 1.49. The minimum absolute atomic E-state index is 0.328. The van der Waals surface area contributed by atoms with Crippen molar-refractivity contribution in [2.45, 2.75) is 17.9 Å². The number of piperazine rings is 1. The fraction of sp³-hybridized carbons (Fsp3) is 0.500. The lowest BCUT2D eigenvalue weighted by atomic mass is 10.1. The van der Waals surface area contributed by atoms with Crippen molar-refractivity contribution in [3.05, 3.63) is 23.8 Å². The summed E-state index contributed by atoms with van der Waals surface area (Å²) in [7, 11) is 2.10. The molecule has 104 valence electrons. The molecule has 1 fully saturated rings. The van der Waals surface area contributed by atoms with Crippen LogP contribution in [0, 0.1) is 0 Å². The molecule has 2 rings (SSSR count). The predicted octanol–water partition coefficient (Wildman–Crippen LogP) is 2.25. The van der Waals surface area contributed by atoms with Crippen molar-refractivity contribution in [1.82, 2.24) is 4.90 Å². The zero-order valence-electron chi connectivity index (χ0n) is 11.6. The van der Waals surface area contributed by atoms with Crippen LogP contribution in [0.5, 0.6) is 0 Å². The normalized spacial score (nSPS) is 20.6. The van der Waals surface area contributed by atoms with E-state index in [1.54, 1.807) is 0 Å². The summed E-state index contributed by atoms with van der Waals surface area (Å²) in [5, 5.41) is 9.50. The summed E-state index contributed by atoms with van der Waals surface area (Å²) in [4.78, 5) is 16.9. The highest BCUT2D eigenvalue weighted by molar-refractivity contribution is 7.98. The van der Waals surface area contributed by atoms with Gasteiger partial charge in [-0.2, -0.15) is 0 Å². The minimum Gasteiger partial charge on any atom is -0.478 e. The third-order valence-electron chi connectivity index (χ3n) is 3.58. The number of hydrogen-bond acceptors (Lipinski definition) is 4. The zero-order chi connectivity index (χ0) is 14.0. The van der Waals surface area contributed by atoms with Crippen molar-refractivity contribution < 1.29 is 9.90 Å². The molecule has 5 heteroatoms. The first-order chi connectivity index (χ1) is 9.04. The molecule has 0 spiro atoms. The molecule has 1 N–H and O–H groups in total. The van der Waals surface area contributed by atoms with Gasteiger partial charge in [-0.3, -0.25) is 0 Å². The van der Waals surface area contributed by atoms with Crippen LogP contribution in [0.1, 0.15) is 17.3 Å². The lowest BCUT2D eigenvalue weighted by molar-refractivity contribution is 0.0693. The summed E-state index contributed by atoms with van der Waals surface area (Å²) in [6, 6.07) is 6.07. The van der Waals surface area contributed by atoms with E-state index < -0.39 is 5.97 Å². The molecule has 19 heavy (non-hydrogen) atoms. The van der Waals surface area contributed by atoms with Gasteiger partial charge in [-0.1, -0.05) is 6.07 Å². The molecular weight excluding hydrogens is 260 g/mol. The smallest absolute Gasteiger partial charge is 0.338 e. The molecule has 0 bridgehead atoms. The predicted molar refractivity (Wildman–Crippen MR) is 79.5 cm³/mol. The Labute approximate surface area is 118 Å². The second-order valence-electron chi connectivity index (χ2n) is 4.96. The Kier molecular flexibility index (Phi) is 4.37. The maximum atomic E-state index is 11.6. The number of nitrogens with zero attached hydrogens (tertiary/aromatic N) is 2. The highest BCUT2D eigenvalue weighted by atomic mass is 32.2. The number of rotatable bonds is 3. The van der Waals surface area contributed by atoms with Crippen LogP contribution in [-0.4, -0.2) is 55.0 Å². The van der Waals surface area contributed by atoms with Gasteiger partial charge in [0.2, 0.25) is 0 Å². The van der Waals surface area contributed by atoms with E-state index >= 15 is 0 Å². The number of anilines is 1. The van der Waals surface area contributed by atoms with Gasteiger partial charge in [-0.05, 0) is 32.4 Å². The van der Waals surface area contributed by atoms with Gasteiger partial charge in [0, 0.05) is 30.6 Å².